The first-order valence-corrected chi connectivity index (χ1v) is 6.63. The Morgan fingerprint density at radius 2 is 2.23 bits per heavy atom. The Bertz CT molecular complexity index is 817. The number of rotatable bonds is 5. The highest BCUT2D eigenvalue weighted by atomic mass is 16.3. The molecule has 1 N–H and O–H groups in total. The number of carbonyl (C=O) groups is 1. The van der Waals surface area contributed by atoms with Crippen molar-refractivity contribution in [3.8, 4) is 0 Å². The molecule has 0 saturated heterocycles. The van der Waals surface area contributed by atoms with Crippen LogP contribution < -0.4 is 5.43 Å². The van der Waals surface area contributed by atoms with Crippen molar-refractivity contribution in [1.29, 1.82) is 0 Å². The van der Waals surface area contributed by atoms with E-state index >= 15 is 0 Å². The molecule has 2 aromatic heterocycles. The molecule has 0 radical (unpaired) electrons. The van der Waals surface area contributed by atoms with Crippen molar-refractivity contribution in [2.45, 2.75) is 6.54 Å². The van der Waals surface area contributed by atoms with E-state index in [1.165, 1.54) is 10.9 Å². The lowest BCUT2D eigenvalue weighted by Crippen LogP contribution is -2.23. The molecule has 0 unspecified atom stereocenters. The van der Waals surface area contributed by atoms with E-state index < -0.39 is 0 Å². The molecule has 3 rings (SSSR count). The number of hydrazone groups is 1. The normalized spacial score (nSPS) is 11.6. The van der Waals surface area contributed by atoms with Gasteiger partial charge in [0.2, 0.25) is 0 Å². The summed E-state index contributed by atoms with van der Waals surface area (Å²) >= 11 is 0. The minimum Gasteiger partial charge on any atom is -0.465 e. The van der Waals surface area contributed by atoms with Crippen LogP contribution in [0, 0.1) is 0 Å². The Balaban J connectivity index is 1.54. The fourth-order valence-electron chi connectivity index (χ4n) is 1.88. The van der Waals surface area contributed by atoms with Gasteiger partial charge >= 0.3 is 0 Å². The standard InChI is InChI=1S/C15H13N5O2/c21-15(18-16-9-3-5-12-6-4-10-22-12)11-20-14-8-2-1-7-13(14)17-19-20/h1-10H,11H2,(H,18,21)/b5-3+,16-9+. The van der Waals surface area contributed by atoms with E-state index in [0.29, 0.717) is 5.76 Å². The molecule has 0 saturated carbocycles. The number of nitrogens with zero attached hydrogens (tertiary/aromatic N) is 4. The summed E-state index contributed by atoms with van der Waals surface area (Å²) in [5.41, 5.74) is 3.98. The van der Waals surface area contributed by atoms with Crippen LogP contribution in [0.2, 0.25) is 0 Å². The number of hydrogen-bond donors (Lipinski definition) is 1. The Hall–Kier alpha value is -3.22. The van der Waals surface area contributed by atoms with Crippen LogP contribution in [-0.4, -0.2) is 27.1 Å². The van der Waals surface area contributed by atoms with Gasteiger partial charge in [0.1, 0.15) is 17.8 Å². The SMILES string of the molecule is O=C(Cn1nnc2ccccc21)N/N=C/C=C/c1ccco1. The number of aromatic nitrogens is 3. The number of fused-ring (bicyclic) bond motifs is 1. The number of furan rings is 1. The summed E-state index contributed by atoms with van der Waals surface area (Å²) in [7, 11) is 0. The van der Waals surface area contributed by atoms with E-state index in [1.54, 1.807) is 24.5 Å². The average Bonchev–Trinajstić information content (AvgIpc) is 3.17. The minimum absolute atomic E-state index is 0.0553. The molecule has 0 spiro atoms. The van der Waals surface area contributed by atoms with Crippen molar-refractivity contribution < 1.29 is 9.21 Å². The van der Waals surface area contributed by atoms with Gasteiger partial charge in [-0.2, -0.15) is 5.10 Å². The summed E-state index contributed by atoms with van der Waals surface area (Å²) in [6.07, 6.45) is 6.46. The summed E-state index contributed by atoms with van der Waals surface area (Å²) in [5.74, 6) is 0.435. The number of allylic oxidation sites excluding steroid dienone is 1. The zero-order chi connectivity index (χ0) is 15.2. The van der Waals surface area contributed by atoms with Crippen LogP contribution in [0.4, 0.5) is 0 Å². The first-order valence-electron chi connectivity index (χ1n) is 6.63. The lowest BCUT2D eigenvalue weighted by Gasteiger charge is -2.00. The molecule has 0 aliphatic rings. The molecule has 3 aromatic rings. The third-order valence-electron chi connectivity index (χ3n) is 2.87. The van der Waals surface area contributed by atoms with Crippen molar-refractivity contribution in [3.05, 3.63) is 54.5 Å². The summed E-state index contributed by atoms with van der Waals surface area (Å²) in [6, 6.07) is 11.1. The molecule has 110 valence electrons. The number of nitrogens with one attached hydrogen (secondary N) is 1. The van der Waals surface area contributed by atoms with Crippen molar-refractivity contribution in [1.82, 2.24) is 20.4 Å². The highest BCUT2D eigenvalue weighted by Crippen LogP contribution is 2.09. The van der Waals surface area contributed by atoms with Crippen LogP contribution >= 0.6 is 0 Å². The van der Waals surface area contributed by atoms with Crippen LogP contribution in [0.25, 0.3) is 17.1 Å². The lowest BCUT2D eigenvalue weighted by molar-refractivity contribution is -0.121. The number of para-hydroxylation sites is 1. The molecular formula is C15H13N5O2. The molecular weight excluding hydrogens is 282 g/mol. The fraction of sp³-hybridized carbons (Fsp3) is 0.0667. The van der Waals surface area contributed by atoms with E-state index in [4.69, 9.17) is 4.42 Å². The third kappa shape index (κ3) is 3.26. The van der Waals surface area contributed by atoms with Gasteiger partial charge in [-0.3, -0.25) is 4.79 Å². The molecule has 2 heterocycles. The quantitative estimate of drug-likeness (QED) is 0.575. The third-order valence-corrected chi connectivity index (χ3v) is 2.87. The predicted octanol–water partition coefficient (Wildman–Crippen LogP) is 1.84. The van der Waals surface area contributed by atoms with Gasteiger partial charge in [-0.05, 0) is 36.4 Å². The van der Waals surface area contributed by atoms with Gasteiger partial charge in [0.25, 0.3) is 5.91 Å². The first kappa shape index (κ1) is 13.7. The minimum atomic E-state index is -0.279. The van der Waals surface area contributed by atoms with Gasteiger partial charge in [-0.1, -0.05) is 17.3 Å². The second-order valence-corrected chi connectivity index (χ2v) is 4.42. The summed E-state index contributed by atoms with van der Waals surface area (Å²) in [6.45, 7) is 0.0553. The van der Waals surface area contributed by atoms with Crippen LogP contribution in [0.5, 0.6) is 0 Å². The van der Waals surface area contributed by atoms with Gasteiger partial charge in [-0.15, -0.1) is 5.10 Å². The van der Waals surface area contributed by atoms with Gasteiger partial charge in [0.15, 0.2) is 0 Å². The van der Waals surface area contributed by atoms with Crippen molar-refractivity contribution in [3.63, 3.8) is 0 Å². The van der Waals surface area contributed by atoms with Gasteiger partial charge < -0.3 is 4.42 Å². The zero-order valence-corrected chi connectivity index (χ0v) is 11.6. The largest absolute Gasteiger partial charge is 0.465 e. The lowest BCUT2D eigenvalue weighted by atomic mass is 10.3. The molecule has 0 fully saturated rings. The average molecular weight is 295 g/mol. The first-order chi connectivity index (χ1) is 10.8. The Kier molecular flexibility index (Phi) is 4.05. The number of hydrogen-bond acceptors (Lipinski definition) is 5. The van der Waals surface area contributed by atoms with Crippen LogP contribution in [0.1, 0.15) is 5.76 Å². The van der Waals surface area contributed by atoms with E-state index in [9.17, 15) is 4.79 Å². The molecule has 1 aromatic carbocycles. The molecule has 0 bridgehead atoms. The Morgan fingerprint density at radius 1 is 1.32 bits per heavy atom. The van der Waals surface area contributed by atoms with E-state index in [1.807, 2.05) is 30.3 Å². The molecule has 0 atom stereocenters. The summed E-state index contributed by atoms with van der Waals surface area (Å²) in [5, 5.41) is 11.7. The van der Waals surface area contributed by atoms with Crippen molar-refractivity contribution in [2.24, 2.45) is 5.10 Å². The molecule has 7 heteroatoms. The molecule has 0 aliphatic heterocycles. The van der Waals surface area contributed by atoms with Crippen molar-refractivity contribution >= 4 is 29.2 Å². The Morgan fingerprint density at radius 3 is 3.09 bits per heavy atom. The van der Waals surface area contributed by atoms with Crippen LogP contribution in [0.15, 0.2) is 58.3 Å². The maximum absolute atomic E-state index is 11.8. The molecule has 7 nitrogen and oxygen atoms in total. The second kappa shape index (κ2) is 6.49. The molecule has 22 heavy (non-hydrogen) atoms. The Labute approximate surface area is 125 Å². The zero-order valence-electron chi connectivity index (χ0n) is 11.6. The van der Waals surface area contributed by atoms with E-state index in [2.05, 4.69) is 20.8 Å². The van der Waals surface area contributed by atoms with Gasteiger partial charge in [-0.25, -0.2) is 10.1 Å². The topological polar surface area (TPSA) is 85.3 Å². The predicted molar refractivity (Wildman–Crippen MR) is 81.9 cm³/mol. The van der Waals surface area contributed by atoms with E-state index in [0.717, 1.165) is 11.0 Å². The highest BCUT2D eigenvalue weighted by molar-refractivity contribution is 5.82. The maximum Gasteiger partial charge on any atom is 0.261 e. The van der Waals surface area contributed by atoms with E-state index in [-0.39, 0.29) is 12.5 Å². The van der Waals surface area contributed by atoms with Crippen molar-refractivity contribution in [2.75, 3.05) is 0 Å². The monoisotopic (exact) mass is 295 g/mol. The summed E-state index contributed by atoms with van der Waals surface area (Å²) in [4.78, 5) is 11.8. The molecule has 1 amide bonds. The van der Waals surface area contributed by atoms with Gasteiger partial charge in [0.05, 0.1) is 11.8 Å². The highest BCUT2D eigenvalue weighted by Gasteiger charge is 2.07. The molecule has 0 aliphatic carbocycles. The summed E-state index contributed by atoms with van der Waals surface area (Å²) < 4.78 is 6.64. The van der Waals surface area contributed by atoms with Crippen LogP contribution in [-0.2, 0) is 11.3 Å². The smallest absolute Gasteiger partial charge is 0.261 e. The number of benzene rings is 1. The van der Waals surface area contributed by atoms with Gasteiger partial charge in [0, 0.05) is 6.21 Å². The number of amides is 1. The second-order valence-electron chi connectivity index (χ2n) is 4.42. The maximum atomic E-state index is 11.8. The fourth-order valence-corrected chi connectivity index (χ4v) is 1.88. The number of carbonyl (C=O) groups excluding carboxylic acids is 1. The van der Waals surface area contributed by atoms with Crippen LogP contribution in [0.3, 0.4) is 0 Å².